The summed E-state index contributed by atoms with van der Waals surface area (Å²) < 4.78 is 16.0. The lowest BCUT2D eigenvalue weighted by Gasteiger charge is -2.26. The molecule has 0 aromatic rings. The highest BCUT2D eigenvalue weighted by molar-refractivity contribution is 5.74. The molecule has 2 aliphatic rings. The fourth-order valence-corrected chi connectivity index (χ4v) is 2.51. The van der Waals surface area contributed by atoms with E-state index < -0.39 is 17.7 Å². The first-order chi connectivity index (χ1) is 10.0. The predicted octanol–water partition coefficient (Wildman–Crippen LogP) is -0.277. The molecule has 2 saturated heterocycles. The molecule has 0 aromatic heterocycles. The van der Waals surface area contributed by atoms with Crippen molar-refractivity contribution >= 4 is 12.0 Å². The number of carboxylic acid groups (broad SMARTS) is 1. The maximum atomic E-state index is 11.7. The van der Waals surface area contributed by atoms with Gasteiger partial charge in [0.05, 0.1) is 19.3 Å². The Bertz CT molecular complexity index is 383. The van der Waals surface area contributed by atoms with E-state index >= 15 is 0 Å². The minimum atomic E-state index is -0.953. The number of hydrogen-bond donors (Lipinski definition) is 3. The largest absolute Gasteiger partial charge is 0.479 e. The second-order valence-corrected chi connectivity index (χ2v) is 5.42. The lowest BCUT2D eigenvalue weighted by molar-refractivity contribution is -0.149. The maximum absolute atomic E-state index is 11.7. The van der Waals surface area contributed by atoms with Crippen LogP contribution in [0.4, 0.5) is 4.79 Å². The van der Waals surface area contributed by atoms with Gasteiger partial charge in [0.25, 0.3) is 0 Å². The van der Waals surface area contributed by atoms with Crippen LogP contribution in [0.25, 0.3) is 0 Å². The van der Waals surface area contributed by atoms with Gasteiger partial charge in [-0.25, -0.2) is 9.59 Å². The molecule has 2 amide bonds. The molecule has 0 bridgehead atoms. The second kappa shape index (κ2) is 7.06. The van der Waals surface area contributed by atoms with Gasteiger partial charge in [0, 0.05) is 26.7 Å². The number of carboxylic acids is 1. The Morgan fingerprint density at radius 3 is 2.76 bits per heavy atom. The minimum absolute atomic E-state index is 0.247. The summed E-state index contributed by atoms with van der Waals surface area (Å²) in [6.07, 6.45) is 0.853. The molecule has 21 heavy (non-hydrogen) atoms. The molecule has 0 spiro atoms. The number of carbonyl (C=O) groups is 2. The number of amides is 2. The van der Waals surface area contributed by atoms with Crippen LogP contribution in [0.15, 0.2) is 0 Å². The monoisotopic (exact) mass is 302 g/mol. The zero-order valence-corrected chi connectivity index (χ0v) is 12.1. The molecule has 2 aliphatic heterocycles. The molecule has 2 fully saturated rings. The maximum Gasteiger partial charge on any atom is 0.332 e. The second-order valence-electron chi connectivity index (χ2n) is 5.42. The Labute approximate surface area is 123 Å². The van der Waals surface area contributed by atoms with E-state index in [2.05, 4.69) is 10.6 Å². The molecule has 0 aliphatic carbocycles. The van der Waals surface area contributed by atoms with Crippen molar-refractivity contribution in [3.63, 3.8) is 0 Å². The first-order valence-corrected chi connectivity index (χ1v) is 7.07. The molecule has 3 atom stereocenters. The molecular weight excluding hydrogens is 280 g/mol. The molecule has 0 aromatic carbocycles. The van der Waals surface area contributed by atoms with Gasteiger partial charge in [0.15, 0.2) is 6.10 Å². The van der Waals surface area contributed by atoms with Crippen molar-refractivity contribution in [1.82, 2.24) is 10.6 Å². The Kier molecular flexibility index (Phi) is 5.38. The summed E-state index contributed by atoms with van der Waals surface area (Å²) in [5, 5.41) is 14.3. The van der Waals surface area contributed by atoms with Crippen LogP contribution < -0.4 is 10.6 Å². The molecule has 8 heteroatoms. The molecular formula is C13H22N2O6. The predicted molar refractivity (Wildman–Crippen MR) is 72.1 cm³/mol. The van der Waals surface area contributed by atoms with Crippen molar-refractivity contribution in [3.05, 3.63) is 0 Å². The van der Waals surface area contributed by atoms with E-state index in [4.69, 9.17) is 19.3 Å². The van der Waals surface area contributed by atoms with E-state index in [1.807, 2.05) is 0 Å². The molecule has 120 valence electrons. The van der Waals surface area contributed by atoms with Crippen molar-refractivity contribution < 1.29 is 28.9 Å². The third-order valence-corrected chi connectivity index (χ3v) is 3.94. The molecule has 2 heterocycles. The minimum Gasteiger partial charge on any atom is -0.479 e. The summed E-state index contributed by atoms with van der Waals surface area (Å²) in [5.74, 6) is -0.953. The lowest BCUT2D eigenvalue weighted by atomic mass is 10.0. The van der Waals surface area contributed by atoms with E-state index in [9.17, 15) is 9.59 Å². The van der Waals surface area contributed by atoms with Gasteiger partial charge < -0.3 is 30.0 Å². The zero-order chi connectivity index (χ0) is 15.3. The van der Waals surface area contributed by atoms with Gasteiger partial charge in [0.2, 0.25) is 0 Å². The fraction of sp³-hybridized carbons (Fsp3) is 0.846. The number of ether oxygens (including phenoxy) is 3. The molecule has 3 unspecified atom stereocenters. The van der Waals surface area contributed by atoms with Gasteiger partial charge in [-0.3, -0.25) is 0 Å². The van der Waals surface area contributed by atoms with Gasteiger partial charge in [-0.1, -0.05) is 0 Å². The Balaban J connectivity index is 1.65. The molecule has 3 N–H and O–H groups in total. The van der Waals surface area contributed by atoms with Gasteiger partial charge in [-0.2, -0.15) is 0 Å². The van der Waals surface area contributed by atoms with Crippen molar-refractivity contribution in [2.75, 3.05) is 33.4 Å². The van der Waals surface area contributed by atoms with E-state index in [1.54, 1.807) is 7.11 Å². The Hall–Kier alpha value is -1.38. The average molecular weight is 302 g/mol. The standard InChI is InChI=1S/C13H22N2O6/c1-19-13(4-5-20-8-13)7-15-12(18)14-6-9-2-3-10(21-9)11(16)17/h9-10H,2-8H2,1H3,(H,16,17)(H2,14,15,18). The number of hydrogen-bond acceptors (Lipinski definition) is 5. The van der Waals surface area contributed by atoms with Crippen LogP contribution in [-0.4, -0.2) is 68.3 Å². The van der Waals surface area contributed by atoms with Gasteiger partial charge in [-0.15, -0.1) is 0 Å². The average Bonchev–Trinajstić information content (AvgIpc) is 3.12. The Morgan fingerprint density at radius 1 is 1.38 bits per heavy atom. The van der Waals surface area contributed by atoms with Crippen molar-refractivity contribution in [2.24, 2.45) is 0 Å². The molecule has 0 saturated carbocycles. The normalized spacial score (nSPS) is 32.0. The molecule has 2 rings (SSSR count). The van der Waals surface area contributed by atoms with Crippen LogP contribution in [-0.2, 0) is 19.0 Å². The van der Waals surface area contributed by atoms with Crippen LogP contribution in [0, 0.1) is 0 Å². The van der Waals surface area contributed by atoms with Crippen molar-refractivity contribution in [3.8, 4) is 0 Å². The first-order valence-electron chi connectivity index (χ1n) is 7.07. The summed E-state index contributed by atoms with van der Waals surface area (Å²) in [6.45, 7) is 1.77. The third-order valence-electron chi connectivity index (χ3n) is 3.94. The van der Waals surface area contributed by atoms with E-state index in [0.29, 0.717) is 39.1 Å². The summed E-state index contributed by atoms with van der Waals surface area (Å²) in [7, 11) is 1.60. The van der Waals surface area contributed by atoms with Crippen molar-refractivity contribution in [2.45, 2.75) is 37.1 Å². The zero-order valence-electron chi connectivity index (χ0n) is 12.1. The SMILES string of the molecule is COC1(CNC(=O)NCC2CCC(C(=O)O)O2)CCOC1. The fourth-order valence-electron chi connectivity index (χ4n) is 2.51. The van der Waals surface area contributed by atoms with Crippen LogP contribution >= 0.6 is 0 Å². The number of rotatable bonds is 6. The van der Waals surface area contributed by atoms with Crippen LogP contribution in [0.2, 0.25) is 0 Å². The summed E-state index contributed by atoms with van der Waals surface area (Å²) in [4.78, 5) is 22.5. The highest BCUT2D eigenvalue weighted by Crippen LogP contribution is 2.21. The highest BCUT2D eigenvalue weighted by atomic mass is 16.6. The Morgan fingerprint density at radius 2 is 2.19 bits per heavy atom. The number of carbonyl (C=O) groups excluding carboxylic acids is 1. The van der Waals surface area contributed by atoms with E-state index in [1.165, 1.54) is 0 Å². The molecule has 8 nitrogen and oxygen atoms in total. The van der Waals surface area contributed by atoms with Gasteiger partial charge in [0.1, 0.15) is 5.60 Å². The van der Waals surface area contributed by atoms with Crippen LogP contribution in [0.5, 0.6) is 0 Å². The number of aliphatic carboxylic acids is 1. The smallest absolute Gasteiger partial charge is 0.332 e. The third kappa shape index (κ3) is 4.29. The van der Waals surface area contributed by atoms with Crippen LogP contribution in [0.3, 0.4) is 0 Å². The van der Waals surface area contributed by atoms with E-state index in [-0.39, 0.29) is 12.1 Å². The lowest BCUT2D eigenvalue weighted by Crippen LogP contribution is -2.49. The quantitative estimate of drug-likeness (QED) is 0.623. The highest BCUT2D eigenvalue weighted by Gasteiger charge is 2.35. The first kappa shape index (κ1) is 16.0. The van der Waals surface area contributed by atoms with Gasteiger partial charge in [-0.05, 0) is 12.8 Å². The number of urea groups is 1. The topological polar surface area (TPSA) is 106 Å². The van der Waals surface area contributed by atoms with Crippen molar-refractivity contribution in [1.29, 1.82) is 0 Å². The number of nitrogens with one attached hydrogen (secondary N) is 2. The summed E-state index contributed by atoms with van der Waals surface area (Å²) in [6, 6.07) is -0.319. The number of methoxy groups -OCH3 is 1. The molecule has 0 radical (unpaired) electrons. The van der Waals surface area contributed by atoms with E-state index in [0.717, 1.165) is 6.42 Å². The van der Waals surface area contributed by atoms with Crippen LogP contribution in [0.1, 0.15) is 19.3 Å². The summed E-state index contributed by atoms with van der Waals surface area (Å²) >= 11 is 0. The summed E-state index contributed by atoms with van der Waals surface area (Å²) in [5.41, 5.74) is -0.449. The van der Waals surface area contributed by atoms with Gasteiger partial charge >= 0.3 is 12.0 Å².